The molecule has 1 rings (SSSR count). The zero-order chi connectivity index (χ0) is 16.0. The van der Waals surface area contributed by atoms with Gasteiger partial charge in [0.05, 0.1) is 13.5 Å². The normalized spacial score (nSPS) is 11.4. The van der Waals surface area contributed by atoms with Crippen molar-refractivity contribution < 1.29 is 33.0 Å². The van der Waals surface area contributed by atoms with Crippen molar-refractivity contribution in [3.05, 3.63) is 29.8 Å². The van der Waals surface area contributed by atoms with E-state index in [1.165, 1.54) is 0 Å². The second-order valence-electron chi connectivity index (χ2n) is 3.87. The molecule has 114 valence electrons. The average molecular weight is 302 g/mol. The van der Waals surface area contributed by atoms with Gasteiger partial charge in [-0.05, 0) is 12.1 Å². The van der Waals surface area contributed by atoms with Gasteiger partial charge in [0, 0.05) is 0 Å². The number of halogens is 2. The first kappa shape index (κ1) is 16.3. The van der Waals surface area contributed by atoms with Crippen molar-refractivity contribution >= 4 is 23.7 Å². The molecule has 0 aliphatic rings. The zero-order valence-corrected chi connectivity index (χ0v) is 10.9. The fourth-order valence-corrected chi connectivity index (χ4v) is 1.38. The van der Waals surface area contributed by atoms with Crippen LogP contribution in [0.1, 0.15) is 6.42 Å². The van der Waals surface area contributed by atoms with Gasteiger partial charge in [0.15, 0.2) is 0 Å². The van der Waals surface area contributed by atoms with Gasteiger partial charge in [0.1, 0.15) is 23.4 Å². The molecule has 1 atom stereocenters. The maximum absolute atomic E-state index is 13.3. The number of benzene rings is 1. The number of ether oxygens (including phenoxy) is 1. The maximum Gasteiger partial charge on any atom is 0.326 e. The maximum atomic E-state index is 13.3. The molecule has 21 heavy (non-hydrogen) atoms. The Hall–Kier alpha value is -2.71. The zero-order valence-electron chi connectivity index (χ0n) is 10.9. The van der Waals surface area contributed by atoms with Crippen LogP contribution in [-0.4, -0.2) is 36.2 Å². The minimum Gasteiger partial charge on any atom is -0.480 e. The highest BCUT2D eigenvalue weighted by Crippen LogP contribution is 2.17. The molecular formula is C12H12F2N2O5. The molecule has 9 heteroatoms. The molecule has 1 aromatic carbocycles. The van der Waals surface area contributed by atoms with Crippen LogP contribution in [0.15, 0.2) is 18.2 Å². The van der Waals surface area contributed by atoms with E-state index in [0.29, 0.717) is 0 Å². The Bertz CT molecular complexity index is 544. The summed E-state index contributed by atoms with van der Waals surface area (Å²) in [5, 5.41) is 12.6. The number of urea groups is 1. The predicted molar refractivity (Wildman–Crippen MR) is 66.6 cm³/mol. The molecule has 0 spiro atoms. The first-order valence-electron chi connectivity index (χ1n) is 5.66. The van der Waals surface area contributed by atoms with E-state index in [1.54, 1.807) is 0 Å². The van der Waals surface area contributed by atoms with E-state index in [2.05, 4.69) is 4.74 Å². The lowest BCUT2D eigenvalue weighted by molar-refractivity contribution is -0.147. The van der Waals surface area contributed by atoms with Gasteiger partial charge in [0.2, 0.25) is 0 Å². The third-order valence-corrected chi connectivity index (χ3v) is 2.40. The molecule has 0 radical (unpaired) electrons. The van der Waals surface area contributed by atoms with Crippen molar-refractivity contribution in [2.45, 2.75) is 12.5 Å². The topological polar surface area (TPSA) is 105 Å². The number of methoxy groups -OCH3 is 1. The van der Waals surface area contributed by atoms with E-state index in [4.69, 9.17) is 5.11 Å². The van der Waals surface area contributed by atoms with Crippen LogP contribution >= 0.6 is 0 Å². The summed E-state index contributed by atoms with van der Waals surface area (Å²) >= 11 is 0. The summed E-state index contributed by atoms with van der Waals surface area (Å²) < 4.78 is 30.9. The summed E-state index contributed by atoms with van der Waals surface area (Å²) in [5.74, 6) is -4.40. The molecule has 1 aromatic rings. The van der Waals surface area contributed by atoms with Crippen molar-refractivity contribution in [3.8, 4) is 0 Å². The summed E-state index contributed by atoms with van der Waals surface area (Å²) in [4.78, 5) is 33.4. The summed E-state index contributed by atoms with van der Waals surface area (Å²) in [6, 6.07) is 0.178. The van der Waals surface area contributed by atoms with Gasteiger partial charge in [0.25, 0.3) is 0 Å². The third kappa shape index (κ3) is 4.71. The van der Waals surface area contributed by atoms with E-state index >= 15 is 0 Å². The summed E-state index contributed by atoms with van der Waals surface area (Å²) in [6.45, 7) is 0. The van der Waals surface area contributed by atoms with E-state index in [1.807, 2.05) is 10.6 Å². The van der Waals surface area contributed by atoms with Crippen molar-refractivity contribution in [1.29, 1.82) is 0 Å². The molecule has 0 aliphatic heterocycles. The predicted octanol–water partition coefficient (Wildman–Crippen LogP) is 1.10. The molecule has 0 saturated heterocycles. The molecular weight excluding hydrogens is 290 g/mol. The fourth-order valence-electron chi connectivity index (χ4n) is 1.38. The highest BCUT2D eigenvalue weighted by atomic mass is 19.1. The fraction of sp³-hybridized carbons (Fsp3) is 0.250. The molecule has 0 unspecified atom stereocenters. The minimum atomic E-state index is -1.59. The number of carbonyl (C=O) groups is 3. The van der Waals surface area contributed by atoms with Gasteiger partial charge in [-0.1, -0.05) is 6.07 Å². The number of anilines is 1. The number of rotatable bonds is 5. The standard InChI is InChI=1S/C12H12F2N2O5/c1-21-9(17)5-8(11(18)19)15-12(20)16-10-6(13)3-2-4-7(10)14/h2-4,8H,5H2,1H3,(H,18,19)(H2,15,16,20)/t8-/m0/s1. The number of hydrogen-bond acceptors (Lipinski definition) is 4. The van der Waals surface area contributed by atoms with Crippen LogP contribution in [0.3, 0.4) is 0 Å². The molecule has 3 N–H and O–H groups in total. The van der Waals surface area contributed by atoms with Crippen LogP contribution in [0, 0.1) is 11.6 Å². The molecule has 0 bridgehead atoms. The quantitative estimate of drug-likeness (QED) is 0.706. The minimum absolute atomic E-state index is 0.626. The van der Waals surface area contributed by atoms with Crippen molar-refractivity contribution in [2.75, 3.05) is 12.4 Å². The Kier molecular flexibility index (Phi) is 5.58. The largest absolute Gasteiger partial charge is 0.480 e. The Balaban J connectivity index is 2.74. The molecule has 0 saturated carbocycles. The first-order valence-corrected chi connectivity index (χ1v) is 5.66. The van der Waals surface area contributed by atoms with E-state index < -0.39 is 47.8 Å². The van der Waals surface area contributed by atoms with Crippen LogP contribution < -0.4 is 10.6 Å². The Morgan fingerprint density at radius 2 is 1.86 bits per heavy atom. The van der Waals surface area contributed by atoms with Gasteiger partial charge in [-0.25, -0.2) is 18.4 Å². The number of amides is 2. The van der Waals surface area contributed by atoms with E-state index in [-0.39, 0.29) is 0 Å². The lowest BCUT2D eigenvalue weighted by atomic mass is 10.2. The molecule has 0 heterocycles. The molecule has 0 aliphatic carbocycles. The third-order valence-electron chi connectivity index (χ3n) is 2.40. The Morgan fingerprint density at radius 1 is 1.29 bits per heavy atom. The summed E-state index contributed by atoms with van der Waals surface area (Å²) in [7, 11) is 1.05. The number of nitrogens with one attached hydrogen (secondary N) is 2. The number of carboxylic acid groups (broad SMARTS) is 1. The molecule has 0 fully saturated rings. The monoisotopic (exact) mass is 302 g/mol. The lowest BCUT2D eigenvalue weighted by Crippen LogP contribution is -2.44. The van der Waals surface area contributed by atoms with Gasteiger partial charge >= 0.3 is 18.0 Å². The van der Waals surface area contributed by atoms with E-state index in [9.17, 15) is 23.2 Å². The smallest absolute Gasteiger partial charge is 0.326 e. The van der Waals surface area contributed by atoms with Gasteiger partial charge in [-0.15, -0.1) is 0 Å². The molecule has 2 amide bonds. The number of aliphatic carboxylic acids is 1. The number of carboxylic acids is 1. The van der Waals surface area contributed by atoms with Crippen molar-refractivity contribution in [1.82, 2.24) is 5.32 Å². The van der Waals surface area contributed by atoms with Gasteiger partial charge in [-0.3, -0.25) is 4.79 Å². The highest BCUT2D eigenvalue weighted by molar-refractivity contribution is 5.93. The van der Waals surface area contributed by atoms with Gasteiger partial charge in [-0.2, -0.15) is 0 Å². The first-order chi connectivity index (χ1) is 9.85. The number of para-hydroxylation sites is 1. The number of carbonyl (C=O) groups excluding carboxylic acids is 2. The number of hydrogen-bond donors (Lipinski definition) is 3. The van der Waals surface area contributed by atoms with Gasteiger partial charge < -0.3 is 20.5 Å². The summed E-state index contributed by atoms with van der Waals surface area (Å²) in [5.41, 5.74) is -0.725. The van der Waals surface area contributed by atoms with Crippen LogP contribution in [0.25, 0.3) is 0 Å². The van der Waals surface area contributed by atoms with Crippen molar-refractivity contribution in [3.63, 3.8) is 0 Å². The van der Waals surface area contributed by atoms with E-state index in [0.717, 1.165) is 25.3 Å². The average Bonchev–Trinajstić information content (AvgIpc) is 2.42. The highest BCUT2D eigenvalue weighted by Gasteiger charge is 2.24. The second kappa shape index (κ2) is 7.17. The van der Waals surface area contributed by atoms with Crippen LogP contribution in [0.4, 0.5) is 19.3 Å². The molecule has 7 nitrogen and oxygen atoms in total. The van der Waals surface area contributed by atoms with Crippen LogP contribution in [-0.2, 0) is 14.3 Å². The lowest BCUT2D eigenvalue weighted by Gasteiger charge is -2.14. The van der Waals surface area contributed by atoms with Crippen molar-refractivity contribution in [2.24, 2.45) is 0 Å². The van der Waals surface area contributed by atoms with Crippen LogP contribution in [0.2, 0.25) is 0 Å². The van der Waals surface area contributed by atoms with Crippen LogP contribution in [0.5, 0.6) is 0 Å². The summed E-state index contributed by atoms with van der Waals surface area (Å²) in [6.07, 6.45) is -0.626. The molecule has 0 aromatic heterocycles. The SMILES string of the molecule is COC(=O)C[C@H](NC(=O)Nc1c(F)cccc1F)C(=O)O. The Labute approximate surface area is 117 Å². The Morgan fingerprint density at radius 3 is 2.33 bits per heavy atom. The second-order valence-corrected chi connectivity index (χ2v) is 3.87. The number of esters is 1.